The summed E-state index contributed by atoms with van der Waals surface area (Å²) in [6, 6.07) is 0. The van der Waals surface area contributed by atoms with Gasteiger partial charge in [0.2, 0.25) is 0 Å². The Balaban J connectivity index is 0. The largest absolute Gasteiger partial charge is 1.00 e. The van der Waals surface area contributed by atoms with Crippen molar-refractivity contribution in [3.8, 4) is 0 Å². The minimum absolute atomic E-state index is 0. The smallest absolute Gasteiger partial charge is 1.00 e. The zero-order valence-electron chi connectivity index (χ0n) is 5.94. The second kappa shape index (κ2) is 7.36. The van der Waals surface area contributed by atoms with Crippen molar-refractivity contribution in [2.24, 2.45) is 0 Å². The van der Waals surface area contributed by atoms with Crippen molar-refractivity contribution in [3.63, 3.8) is 0 Å². The first-order valence-corrected chi connectivity index (χ1v) is 3.07. The maximum absolute atomic E-state index is 8.91. The summed E-state index contributed by atoms with van der Waals surface area (Å²) >= 11 is 0. The van der Waals surface area contributed by atoms with E-state index in [0.29, 0.717) is 0 Å². The van der Waals surface area contributed by atoms with Crippen LogP contribution in [0.3, 0.4) is 0 Å². The normalized spacial score (nSPS) is 19.7. The van der Waals surface area contributed by atoms with Crippen LogP contribution in [-0.4, -0.2) is 11.2 Å². The van der Waals surface area contributed by atoms with Gasteiger partial charge in [-0.2, -0.15) is 0 Å². The Morgan fingerprint density at radius 2 is 1.44 bits per heavy atom. The first-order valence-electron chi connectivity index (χ1n) is 3.07. The summed E-state index contributed by atoms with van der Waals surface area (Å²) in [5, 5.41) is 8.91. The van der Waals surface area contributed by atoms with Gasteiger partial charge >= 0.3 is 29.6 Å². The molecular formula is C6H12ClNaO. The molecule has 0 bridgehead atoms. The van der Waals surface area contributed by atoms with Crippen LogP contribution in [0.1, 0.15) is 32.1 Å². The fourth-order valence-corrected chi connectivity index (χ4v) is 1.08. The molecule has 1 rings (SSSR count). The molecular weight excluding hydrogens is 147 g/mol. The quantitative estimate of drug-likeness (QED) is 0.352. The topological polar surface area (TPSA) is 20.2 Å². The number of rotatable bonds is 0. The average Bonchev–Trinajstić information content (AvgIpc) is 1.69. The summed E-state index contributed by atoms with van der Waals surface area (Å²) in [5.41, 5.74) is 0. The molecule has 3 heteroatoms. The zero-order valence-corrected chi connectivity index (χ0v) is 8.69. The van der Waals surface area contributed by atoms with Gasteiger partial charge in [0.1, 0.15) is 0 Å². The summed E-state index contributed by atoms with van der Waals surface area (Å²) < 4.78 is 0. The van der Waals surface area contributed by atoms with E-state index < -0.39 is 0 Å². The van der Waals surface area contributed by atoms with E-state index in [0.717, 1.165) is 12.8 Å². The average molecular weight is 159 g/mol. The van der Waals surface area contributed by atoms with E-state index in [9.17, 15) is 0 Å². The van der Waals surface area contributed by atoms with Crippen LogP contribution in [0.4, 0.5) is 0 Å². The van der Waals surface area contributed by atoms with E-state index in [4.69, 9.17) is 5.11 Å². The summed E-state index contributed by atoms with van der Waals surface area (Å²) in [6.45, 7) is 0. The molecule has 0 aromatic heterocycles. The van der Waals surface area contributed by atoms with Crippen molar-refractivity contribution >= 4 is 0 Å². The van der Waals surface area contributed by atoms with Gasteiger partial charge in [-0.15, -0.1) is 0 Å². The maximum Gasteiger partial charge on any atom is 1.00 e. The van der Waals surface area contributed by atoms with Crippen molar-refractivity contribution in [1.29, 1.82) is 0 Å². The molecule has 0 saturated heterocycles. The van der Waals surface area contributed by atoms with Crippen LogP contribution in [0.15, 0.2) is 0 Å². The predicted octanol–water partition coefficient (Wildman–Crippen LogP) is -4.68. The molecule has 0 spiro atoms. The van der Waals surface area contributed by atoms with E-state index >= 15 is 0 Å². The molecule has 9 heavy (non-hydrogen) atoms. The zero-order chi connectivity index (χ0) is 5.11. The standard InChI is InChI=1S/C6H12O.ClH.Na/c7-6-4-2-1-3-5-6;;/h6-7H,1-5H2;1H;/q;;+1/p-1. The molecule has 1 N–H and O–H groups in total. The van der Waals surface area contributed by atoms with Crippen LogP contribution < -0.4 is 42.0 Å². The van der Waals surface area contributed by atoms with Crippen molar-refractivity contribution < 1.29 is 47.1 Å². The SMILES string of the molecule is OC1CCCCC1.[Cl-].[Na+]. The minimum atomic E-state index is 0. The molecule has 1 aliphatic carbocycles. The molecule has 1 fully saturated rings. The van der Waals surface area contributed by atoms with Crippen molar-refractivity contribution in [3.05, 3.63) is 0 Å². The van der Waals surface area contributed by atoms with Gasteiger partial charge in [-0.25, -0.2) is 0 Å². The molecule has 50 valence electrons. The molecule has 0 aromatic carbocycles. The van der Waals surface area contributed by atoms with Crippen LogP contribution in [-0.2, 0) is 0 Å². The van der Waals surface area contributed by atoms with E-state index in [1.807, 2.05) is 0 Å². The second-order valence-electron chi connectivity index (χ2n) is 2.29. The monoisotopic (exact) mass is 158 g/mol. The third kappa shape index (κ3) is 5.68. The van der Waals surface area contributed by atoms with Crippen molar-refractivity contribution in [2.45, 2.75) is 38.2 Å². The van der Waals surface area contributed by atoms with Gasteiger partial charge in [-0.05, 0) is 12.8 Å². The Morgan fingerprint density at radius 1 is 1.00 bits per heavy atom. The van der Waals surface area contributed by atoms with Crippen molar-refractivity contribution in [2.75, 3.05) is 0 Å². The number of hydrogen-bond acceptors (Lipinski definition) is 1. The molecule has 0 unspecified atom stereocenters. The number of halogens is 1. The van der Waals surface area contributed by atoms with E-state index in [1.165, 1.54) is 19.3 Å². The first-order chi connectivity index (χ1) is 3.39. The van der Waals surface area contributed by atoms with Crippen molar-refractivity contribution in [1.82, 2.24) is 0 Å². The fraction of sp³-hybridized carbons (Fsp3) is 1.00. The fourth-order valence-electron chi connectivity index (χ4n) is 1.08. The molecule has 0 amide bonds. The molecule has 0 aromatic rings. The van der Waals surface area contributed by atoms with Gasteiger partial charge in [-0.3, -0.25) is 0 Å². The summed E-state index contributed by atoms with van der Waals surface area (Å²) in [5.74, 6) is 0. The Hall–Kier alpha value is 1.25. The third-order valence-corrected chi connectivity index (χ3v) is 1.57. The second-order valence-corrected chi connectivity index (χ2v) is 2.29. The molecule has 0 radical (unpaired) electrons. The van der Waals surface area contributed by atoms with Crippen LogP contribution in [0.2, 0.25) is 0 Å². The van der Waals surface area contributed by atoms with Gasteiger partial charge in [0.05, 0.1) is 6.10 Å². The Kier molecular flexibility index (Phi) is 10.5. The van der Waals surface area contributed by atoms with Gasteiger partial charge in [0.25, 0.3) is 0 Å². The van der Waals surface area contributed by atoms with Gasteiger partial charge in [-0.1, -0.05) is 19.3 Å². The summed E-state index contributed by atoms with van der Waals surface area (Å²) in [4.78, 5) is 0. The predicted molar refractivity (Wildman–Crippen MR) is 29.1 cm³/mol. The Bertz CT molecular complexity index is 55.0. The van der Waals surface area contributed by atoms with Crippen LogP contribution >= 0.6 is 0 Å². The molecule has 0 heterocycles. The van der Waals surface area contributed by atoms with Gasteiger partial charge in [0, 0.05) is 0 Å². The summed E-state index contributed by atoms with van der Waals surface area (Å²) in [6.07, 6.45) is 5.92. The third-order valence-electron chi connectivity index (χ3n) is 1.57. The number of aliphatic hydroxyl groups is 1. The molecule has 1 nitrogen and oxygen atoms in total. The number of aliphatic hydroxyl groups excluding tert-OH is 1. The molecule has 1 saturated carbocycles. The molecule has 1 aliphatic rings. The maximum atomic E-state index is 8.91. The van der Waals surface area contributed by atoms with Gasteiger partial charge < -0.3 is 17.5 Å². The number of hydrogen-bond donors (Lipinski definition) is 1. The molecule has 0 aliphatic heterocycles. The van der Waals surface area contributed by atoms with E-state index in [2.05, 4.69) is 0 Å². The first kappa shape index (κ1) is 12.9. The summed E-state index contributed by atoms with van der Waals surface area (Å²) in [7, 11) is 0. The van der Waals surface area contributed by atoms with Crippen LogP contribution in [0, 0.1) is 0 Å². The van der Waals surface area contributed by atoms with E-state index in [-0.39, 0.29) is 48.1 Å². The minimum Gasteiger partial charge on any atom is -1.00 e. The van der Waals surface area contributed by atoms with Gasteiger partial charge in [0.15, 0.2) is 0 Å². The molecule has 0 atom stereocenters. The van der Waals surface area contributed by atoms with Crippen LogP contribution in [0.25, 0.3) is 0 Å². The van der Waals surface area contributed by atoms with E-state index in [1.54, 1.807) is 0 Å². The Labute approximate surface area is 84.9 Å². The Morgan fingerprint density at radius 3 is 1.67 bits per heavy atom. The van der Waals surface area contributed by atoms with Crippen LogP contribution in [0.5, 0.6) is 0 Å².